The zero-order valence-corrected chi connectivity index (χ0v) is 15.0. The first-order valence-corrected chi connectivity index (χ1v) is 8.75. The number of hydrogen-bond acceptors (Lipinski definition) is 4. The molecule has 0 aromatic carbocycles. The fraction of sp³-hybridized carbons (Fsp3) is 0.882. The van der Waals surface area contributed by atoms with E-state index in [0.29, 0.717) is 25.4 Å². The van der Waals surface area contributed by atoms with Crippen molar-refractivity contribution in [1.82, 2.24) is 5.32 Å². The molecule has 1 aliphatic rings. The van der Waals surface area contributed by atoms with Crippen molar-refractivity contribution in [3.05, 3.63) is 0 Å². The third-order valence-electron chi connectivity index (χ3n) is 4.27. The van der Waals surface area contributed by atoms with E-state index in [-0.39, 0.29) is 12.8 Å². The minimum Gasteiger partial charge on any atom is -0.454 e. The lowest BCUT2D eigenvalue weighted by molar-refractivity contribution is -0.189. The molecule has 25 heavy (non-hydrogen) atoms. The number of nitrogens with one attached hydrogen (secondary N) is 1. The molecule has 1 amide bonds. The number of carbonyl (C=O) groups is 2. The number of esters is 1. The summed E-state index contributed by atoms with van der Waals surface area (Å²) in [5.74, 6) is -2.52. The second-order valence-corrected chi connectivity index (χ2v) is 6.91. The van der Waals surface area contributed by atoms with Gasteiger partial charge in [-0.25, -0.2) is 4.79 Å². The lowest BCUT2D eigenvalue weighted by Gasteiger charge is -2.33. The summed E-state index contributed by atoms with van der Waals surface area (Å²) in [4.78, 5) is 23.5. The van der Waals surface area contributed by atoms with Gasteiger partial charge in [0.05, 0.1) is 5.92 Å². The number of rotatable bonds is 8. The van der Waals surface area contributed by atoms with Gasteiger partial charge in [0.2, 0.25) is 0 Å². The Balaban J connectivity index is 2.36. The fourth-order valence-corrected chi connectivity index (χ4v) is 2.75. The van der Waals surface area contributed by atoms with Crippen molar-refractivity contribution in [2.24, 2.45) is 11.8 Å². The van der Waals surface area contributed by atoms with Crippen molar-refractivity contribution >= 4 is 11.9 Å². The van der Waals surface area contributed by atoms with Crippen LogP contribution in [0.1, 0.15) is 52.9 Å². The van der Waals surface area contributed by atoms with E-state index in [0.717, 1.165) is 6.42 Å². The van der Waals surface area contributed by atoms with Gasteiger partial charge in [0.1, 0.15) is 0 Å². The van der Waals surface area contributed by atoms with Crippen LogP contribution < -0.4 is 5.32 Å². The molecule has 1 fully saturated rings. The van der Waals surface area contributed by atoms with Gasteiger partial charge >= 0.3 is 12.1 Å². The Morgan fingerprint density at radius 3 is 2.40 bits per heavy atom. The highest BCUT2D eigenvalue weighted by atomic mass is 19.4. The van der Waals surface area contributed by atoms with Crippen LogP contribution >= 0.6 is 0 Å². The molecule has 8 heteroatoms. The molecule has 3 atom stereocenters. The Bertz CT molecular complexity index is 440. The molecule has 5 nitrogen and oxygen atoms in total. The monoisotopic (exact) mass is 367 g/mol. The summed E-state index contributed by atoms with van der Waals surface area (Å²) < 4.78 is 49.1. The van der Waals surface area contributed by atoms with Gasteiger partial charge in [0.15, 0.2) is 12.7 Å². The van der Waals surface area contributed by atoms with Gasteiger partial charge in [-0.1, -0.05) is 26.7 Å². The molecule has 1 N–H and O–H groups in total. The first kappa shape index (κ1) is 21.7. The predicted molar refractivity (Wildman–Crippen MR) is 85.8 cm³/mol. The molecule has 0 heterocycles. The summed E-state index contributed by atoms with van der Waals surface area (Å²) in [6.07, 6.45) is -2.95. The molecule has 0 spiro atoms. The molecule has 1 rings (SSSR count). The van der Waals surface area contributed by atoms with Gasteiger partial charge in [-0.2, -0.15) is 13.2 Å². The SMILES string of the molecule is CC(C)CCOC(C)C(=O)OCC(=O)NC1CCCCC1C(F)(F)F. The summed E-state index contributed by atoms with van der Waals surface area (Å²) in [5, 5.41) is 2.35. The molecule has 0 radical (unpaired) electrons. The van der Waals surface area contributed by atoms with Crippen molar-refractivity contribution in [3.8, 4) is 0 Å². The van der Waals surface area contributed by atoms with Crippen LogP contribution in [0.2, 0.25) is 0 Å². The van der Waals surface area contributed by atoms with E-state index in [4.69, 9.17) is 9.47 Å². The van der Waals surface area contributed by atoms with Gasteiger partial charge in [-0.3, -0.25) is 4.79 Å². The molecule has 0 saturated heterocycles. The van der Waals surface area contributed by atoms with Gasteiger partial charge < -0.3 is 14.8 Å². The molecule has 3 unspecified atom stereocenters. The van der Waals surface area contributed by atoms with E-state index >= 15 is 0 Å². The minimum atomic E-state index is -4.34. The minimum absolute atomic E-state index is 0.00889. The Labute approximate surface area is 146 Å². The lowest BCUT2D eigenvalue weighted by Crippen LogP contribution is -2.48. The Morgan fingerprint density at radius 1 is 1.16 bits per heavy atom. The molecular formula is C17H28F3NO4. The van der Waals surface area contributed by atoms with Crippen LogP contribution in [0.5, 0.6) is 0 Å². The predicted octanol–water partition coefficient (Wildman–Crippen LogP) is 3.22. The van der Waals surface area contributed by atoms with E-state index in [1.807, 2.05) is 13.8 Å². The van der Waals surface area contributed by atoms with Gasteiger partial charge in [0, 0.05) is 12.6 Å². The molecule has 0 bridgehead atoms. The zero-order chi connectivity index (χ0) is 19.0. The van der Waals surface area contributed by atoms with E-state index in [9.17, 15) is 22.8 Å². The average Bonchev–Trinajstić information content (AvgIpc) is 2.51. The van der Waals surface area contributed by atoms with Crippen LogP contribution in [0.25, 0.3) is 0 Å². The van der Waals surface area contributed by atoms with Crippen LogP contribution in [0, 0.1) is 11.8 Å². The third-order valence-corrected chi connectivity index (χ3v) is 4.27. The maximum absolute atomic E-state index is 13.0. The largest absolute Gasteiger partial charge is 0.454 e. The number of ether oxygens (including phenoxy) is 2. The van der Waals surface area contributed by atoms with Crippen molar-refractivity contribution < 1.29 is 32.2 Å². The lowest BCUT2D eigenvalue weighted by atomic mass is 9.84. The van der Waals surface area contributed by atoms with E-state index < -0.39 is 42.7 Å². The number of amides is 1. The van der Waals surface area contributed by atoms with Crippen molar-refractivity contribution in [3.63, 3.8) is 0 Å². The van der Waals surface area contributed by atoms with E-state index in [1.165, 1.54) is 6.92 Å². The standard InChI is InChI=1S/C17H28F3NO4/c1-11(2)8-9-24-12(3)16(23)25-10-15(22)21-14-7-5-4-6-13(14)17(18,19)20/h11-14H,4-10H2,1-3H3,(H,21,22). The van der Waals surface area contributed by atoms with E-state index in [1.54, 1.807) is 0 Å². The summed E-state index contributed by atoms with van der Waals surface area (Å²) in [7, 11) is 0. The smallest absolute Gasteiger partial charge is 0.393 e. The van der Waals surface area contributed by atoms with Crippen LogP contribution in [0.3, 0.4) is 0 Å². The maximum atomic E-state index is 13.0. The van der Waals surface area contributed by atoms with Gasteiger partial charge in [-0.05, 0) is 32.1 Å². The first-order valence-electron chi connectivity index (χ1n) is 8.75. The van der Waals surface area contributed by atoms with Crippen molar-refractivity contribution in [1.29, 1.82) is 0 Å². The number of hydrogen-bond donors (Lipinski definition) is 1. The van der Waals surface area contributed by atoms with Crippen LogP contribution in [-0.2, 0) is 19.1 Å². The maximum Gasteiger partial charge on any atom is 0.393 e. The fourth-order valence-electron chi connectivity index (χ4n) is 2.75. The summed E-state index contributed by atoms with van der Waals surface area (Å²) in [5.41, 5.74) is 0. The molecule has 146 valence electrons. The van der Waals surface area contributed by atoms with Gasteiger partial charge in [-0.15, -0.1) is 0 Å². The molecule has 0 aliphatic heterocycles. The number of alkyl halides is 3. The van der Waals surface area contributed by atoms with Gasteiger partial charge in [0.25, 0.3) is 5.91 Å². The Hall–Kier alpha value is -1.31. The second-order valence-electron chi connectivity index (χ2n) is 6.91. The second kappa shape index (κ2) is 9.99. The zero-order valence-electron chi connectivity index (χ0n) is 15.0. The number of halogens is 3. The average molecular weight is 367 g/mol. The molecule has 0 aromatic heterocycles. The van der Waals surface area contributed by atoms with Crippen molar-refractivity contribution in [2.75, 3.05) is 13.2 Å². The topological polar surface area (TPSA) is 64.6 Å². The van der Waals surface area contributed by atoms with Crippen LogP contribution in [-0.4, -0.2) is 43.4 Å². The third kappa shape index (κ3) is 8.07. The Kier molecular flexibility index (Phi) is 8.68. The highest BCUT2D eigenvalue weighted by molar-refractivity contribution is 5.82. The number of carbonyl (C=O) groups excluding carboxylic acids is 2. The Morgan fingerprint density at radius 2 is 1.80 bits per heavy atom. The highest BCUT2D eigenvalue weighted by Gasteiger charge is 2.45. The van der Waals surface area contributed by atoms with E-state index in [2.05, 4.69) is 5.32 Å². The first-order chi connectivity index (χ1) is 11.6. The molecule has 1 aliphatic carbocycles. The van der Waals surface area contributed by atoms with Crippen LogP contribution in [0.15, 0.2) is 0 Å². The molecule has 0 aromatic rings. The molecular weight excluding hydrogens is 339 g/mol. The highest BCUT2D eigenvalue weighted by Crippen LogP contribution is 2.37. The molecule has 1 saturated carbocycles. The quantitative estimate of drug-likeness (QED) is 0.669. The van der Waals surface area contributed by atoms with Crippen LogP contribution in [0.4, 0.5) is 13.2 Å². The normalized spacial score (nSPS) is 22.5. The van der Waals surface area contributed by atoms with Crippen molar-refractivity contribution in [2.45, 2.75) is 71.2 Å². The summed E-state index contributed by atoms with van der Waals surface area (Å²) >= 11 is 0. The summed E-state index contributed by atoms with van der Waals surface area (Å²) in [6, 6.07) is -0.959. The summed E-state index contributed by atoms with van der Waals surface area (Å²) in [6.45, 7) is 5.36.